The van der Waals surface area contributed by atoms with Gasteiger partial charge in [0.25, 0.3) is 5.91 Å². The van der Waals surface area contributed by atoms with Gasteiger partial charge in [0.15, 0.2) is 11.5 Å². The molecule has 118 valence electrons. The normalized spacial score (nSPS) is 23.5. The van der Waals surface area contributed by atoms with E-state index in [1.54, 1.807) is 6.07 Å². The van der Waals surface area contributed by atoms with Crippen molar-refractivity contribution in [3.05, 3.63) is 22.2 Å². The first-order valence-corrected chi connectivity index (χ1v) is 7.51. The van der Waals surface area contributed by atoms with E-state index in [-0.39, 0.29) is 13.0 Å². The number of halogens is 2. The number of fused-ring (bicyclic) bond motifs is 1. The van der Waals surface area contributed by atoms with E-state index >= 15 is 0 Å². The molecule has 2 heterocycles. The van der Waals surface area contributed by atoms with Gasteiger partial charge in [-0.3, -0.25) is 4.79 Å². The molecule has 2 aliphatic rings. The van der Waals surface area contributed by atoms with Crippen LogP contribution >= 0.6 is 15.9 Å². The van der Waals surface area contributed by atoms with E-state index in [1.165, 1.54) is 11.0 Å². The van der Waals surface area contributed by atoms with Crippen molar-refractivity contribution >= 4 is 27.8 Å². The van der Waals surface area contributed by atoms with Crippen molar-refractivity contribution in [1.82, 2.24) is 4.90 Å². The van der Waals surface area contributed by atoms with E-state index in [9.17, 15) is 14.0 Å². The number of hydrogen-bond acceptors (Lipinski definition) is 4. The van der Waals surface area contributed by atoms with E-state index in [0.717, 1.165) is 0 Å². The molecule has 1 N–H and O–H groups in total. The molecule has 1 fully saturated rings. The summed E-state index contributed by atoms with van der Waals surface area (Å²) in [4.78, 5) is 24.6. The van der Waals surface area contributed by atoms with Gasteiger partial charge in [0.2, 0.25) is 5.67 Å². The zero-order valence-electron chi connectivity index (χ0n) is 11.5. The summed E-state index contributed by atoms with van der Waals surface area (Å²) in [5, 5.41) is 8.89. The van der Waals surface area contributed by atoms with Crippen LogP contribution in [0.15, 0.2) is 16.6 Å². The average Bonchev–Trinajstić information content (AvgIpc) is 2.90. The number of aliphatic carboxylic acids is 1. The van der Waals surface area contributed by atoms with Crippen LogP contribution in [0.5, 0.6) is 11.5 Å². The fourth-order valence-corrected chi connectivity index (χ4v) is 3.09. The van der Waals surface area contributed by atoms with E-state index in [0.29, 0.717) is 34.7 Å². The largest absolute Gasteiger partial charge is 0.486 e. The Labute approximate surface area is 133 Å². The van der Waals surface area contributed by atoms with Crippen LogP contribution in [-0.4, -0.2) is 53.9 Å². The monoisotopic (exact) mass is 373 g/mol. The highest BCUT2D eigenvalue weighted by Gasteiger charge is 2.47. The Morgan fingerprint density at radius 3 is 2.73 bits per heavy atom. The fourth-order valence-electron chi connectivity index (χ4n) is 2.54. The molecule has 0 radical (unpaired) electrons. The van der Waals surface area contributed by atoms with Crippen LogP contribution < -0.4 is 9.47 Å². The molecule has 6 nitrogen and oxygen atoms in total. The minimum absolute atomic E-state index is 0.0632. The lowest BCUT2D eigenvalue weighted by atomic mass is 10.1. The molecule has 1 saturated heterocycles. The number of carbonyl (C=O) groups excluding carboxylic acids is 1. The summed E-state index contributed by atoms with van der Waals surface area (Å²) in [6, 6.07) is 3.09. The highest BCUT2D eigenvalue weighted by atomic mass is 79.9. The number of carboxylic acids is 1. The number of hydrogen-bond donors (Lipinski definition) is 1. The molecule has 0 aliphatic carbocycles. The first-order chi connectivity index (χ1) is 10.4. The van der Waals surface area contributed by atoms with Crippen molar-refractivity contribution in [3.8, 4) is 11.5 Å². The number of rotatable bonds is 2. The van der Waals surface area contributed by atoms with E-state index in [1.807, 2.05) is 0 Å². The summed E-state index contributed by atoms with van der Waals surface area (Å²) in [5.41, 5.74) is -2.08. The van der Waals surface area contributed by atoms with E-state index in [2.05, 4.69) is 15.9 Å². The molecule has 3 rings (SSSR count). The van der Waals surface area contributed by atoms with Gasteiger partial charge in [-0.15, -0.1) is 0 Å². The van der Waals surface area contributed by atoms with Crippen molar-refractivity contribution in [2.45, 2.75) is 12.1 Å². The van der Waals surface area contributed by atoms with Crippen molar-refractivity contribution in [2.75, 3.05) is 26.3 Å². The van der Waals surface area contributed by atoms with Crippen LogP contribution in [0.25, 0.3) is 0 Å². The number of nitrogens with zero attached hydrogens (tertiary/aromatic N) is 1. The average molecular weight is 374 g/mol. The second kappa shape index (κ2) is 5.42. The molecule has 1 unspecified atom stereocenters. The summed E-state index contributed by atoms with van der Waals surface area (Å²) >= 11 is 3.31. The zero-order chi connectivity index (χ0) is 15.9. The van der Waals surface area contributed by atoms with E-state index < -0.39 is 24.1 Å². The molecule has 1 aromatic carbocycles. The maximum Gasteiger partial charge on any atom is 0.343 e. The summed E-state index contributed by atoms with van der Waals surface area (Å²) in [6.07, 6.45) is -0.209. The van der Waals surface area contributed by atoms with Crippen LogP contribution in [0.1, 0.15) is 16.8 Å². The number of alkyl halides is 1. The molecular weight excluding hydrogens is 361 g/mol. The third-order valence-electron chi connectivity index (χ3n) is 3.73. The predicted octanol–water partition coefficient (Wildman–Crippen LogP) is 1.86. The van der Waals surface area contributed by atoms with Gasteiger partial charge < -0.3 is 19.5 Å². The standard InChI is InChI=1S/C14H13BrFNO5/c15-9-5-8(6-10-11(9)22-4-3-21-10)12(18)17-2-1-14(16,7-17)13(19)20/h5-6H,1-4,7H2,(H,19,20). The van der Waals surface area contributed by atoms with Gasteiger partial charge in [0, 0.05) is 18.5 Å². The molecule has 0 saturated carbocycles. The van der Waals surface area contributed by atoms with Crippen molar-refractivity contribution in [1.29, 1.82) is 0 Å². The lowest BCUT2D eigenvalue weighted by molar-refractivity contribution is -0.149. The van der Waals surface area contributed by atoms with Gasteiger partial charge in [-0.05, 0) is 28.1 Å². The summed E-state index contributed by atoms with van der Waals surface area (Å²) in [7, 11) is 0. The van der Waals surface area contributed by atoms with Gasteiger partial charge in [0.1, 0.15) is 13.2 Å². The molecule has 0 bridgehead atoms. The molecule has 0 spiro atoms. The Balaban J connectivity index is 1.84. The number of benzene rings is 1. The highest BCUT2D eigenvalue weighted by molar-refractivity contribution is 9.10. The molecule has 22 heavy (non-hydrogen) atoms. The van der Waals surface area contributed by atoms with Crippen molar-refractivity contribution in [2.24, 2.45) is 0 Å². The van der Waals surface area contributed by atoms with Crippen LogP contribution in [0.4, 0.5) is 4.39 Å². The Morgan fingerprint density at radius 2 is 2.05 bits per heavy atom. The third-order valence-corrected chi connectivity index (χ3v) is 4.32. The second-order valence-electron chi connectivity index (χ2n) is 5.23. The molecule has 1 aromatic rings. The first kappa shape index (κ1) is 15.1. The van der Waals surface area contributed by atoms with Gasteiger partial charge in [-0.1, -0.05) is 0 Å². The van der Waals surface area contributed by atoms with Crippen LogP contribution in [0.2, 0.25) is 0 Å². The smallest absolute Gasteiger partial charge is 0.343 e. The lowest BCUT2D eigenvalue weighted by Crippen LogP contribution is -2.38. The first-order valence-electron chi connectivity index (χ1n) is 6.71. The van der Waals surface area contributed by atoms with Crippen LogP contribution in [0.3, 0.4) is 0 Å². The molecule has 2 aliphatic heterocycles. The van der Waals surface area contributed by atoms with Crippen molar-refractivity contribution < 1.29 is 28.6 Å². The predicted molar refractivity (Wildman–Crippen MR) is 77.1 cm³/mol. The minimum atomic E-state index is -2.37. The third kappa shape index (κ3) is 2.51. The summed E-state index contributed by atoms with van der Waals surface area (Å²) in [6.45, 7) is 0.419. The van der Waals surface area contributed by atoms with Gasteiger partial charge in [-0.25, -0.2) is 9.18 Å². The molecular formula is C14H13BrFNO5. The fraction of sp³-hybridized carbons (Fsp3) is 0.429. The Bertz CT molecular complexity index is 652. The number of carbonyl (C=O) groups is 2. The Hall–Kier alpha value is -1.83. The topological polar surface area (TPSA) is 76.1 Å². The van der Waals surface area contributed by atoms with E-state index in [4.69, 9.17) is 14.6 Å². The molecule has 1 atom stereocenters. The number of likely N-dealkylation sites (tertiary alicyclic amines) is 1. The van der Waals surface area contributed by atoms with Gasteiger partial charge in [-0.2, -0.15) is 0 Å². The maximum absolute atomic E-state index is 14.1. The second-order valence-corrected chi connectivity index (χ2v) is 6.08. The Morgan fingerprint density at radius 1 is 1.32 bits per heavy atom. The van der Waals surface area contributed by atoms with Gasteiger partial charge >= 0.3 is 5.97 Å². The quantitative estimate of drug-likeness (QED) is 0.856. The van der Waals surface area contributed by atoms with Crippen LogP contribution in [-0.2, 0) is 4.79 Å². The zero-order valence-corrected chi connectivity index (χ0v) is 13.1. The number of carboxylic acid groups (broad SMARTS) is 1. The van der Waals surface area contributed by atoms with Gasteiger partial charge in [0.05, 0.1) is 11.0 Å². The van der Waals surface area contributed by atoms with Crippen molar-refractivity contribution in [3.63, 3.8) is 0 Å². The highest BCUT2D eigenvalue weighted by Crippen LogP contribution is 2.39. The Kier molecular flexibility index (Phi) is 3.72. The number of amides is 1. The molecule has 0 aromatic heterocycles. The molecule has 8 heteroatoms. The summed E-state index contributed by atoms with van der Waals surface area (Å²) < 4.78 is 25.5. The maximum atomic E-state index is 14.1. The minimum Gasteiger partial charge on any atom is -0.486 e. The molecule has 1 amide bonds. The SMILES string of the molecule is O=C(c1cc(Br)c2c(c1)OCCO2)N1CCC(F)(C(=O)O)C1. The number of ether oxygens (including phenoxy) is 2. The van der Waals surface area contributed by atoms with Crippen LogP contribution in [0, 0.1) is 0 Å². The lowest BCUT2D eigenvalue weighted by Gasteiger charge is -2.22. The summed E-state index contributed by atoms with van der Waals surface area (Å²) in [5.74, 6) is -1.01.